The molecule has 0 unspecified atom stereocenters. The fraction of sp³-hybridized carbons (Fsp3) is 0. The van der Waals surface area contributed by atoms with Crippen LogP contribution in [0.2, 0.25) is 0 Å². The van der Waals surface area contributed by atoms with E-state index in [1.165, 1.54) is 16.3 Å². The second-order valence-corrected chi connectivity index (χ2v) is 9.58. The molecule has 0 saturated heterocycles. The standard InChI is InChI=1S/C36H23N3/c37-24-29-21-33(26-11-5-2-6-12-26)36(23-32(29)27-17-19-38-20-18-27)39-34-14-8-7-13-30(34)31-16-15-28(22-35(31)39)25-9-3-1-4-10-25/h1-23H. The van der Waals surface area contributed by atoms with Gasteiger partial charge in [-0.25, -0.2) is 0 Å². The molecule has 0 spiro atoms. The summed E-state index contributed by atoms with van der Waals surface area (Å²) in [6.07, 6.45) is 3.54. The molecule has 182 valence electrons. The first kappa shape index (κ1) is 22.7. The average Bonchev–Trinajstić information content (AvgIpc) is 3.35. The molecule has 0 aliphatic rings. The Bertz CT molecular complexity index is 2000. The molecule has 2 aromatic heterocycles. The maximum Gasteiger partial charge on any atom is 0.0998 e. The monoisotopic (exact) mass is 497 g/mol. The smallest absolute Gasteiger partial charge is 0.0998 e. The molecular formula is C36H23N3. The predicted molar refractivity (Wildman–Crippen MR) is 160 cm³/mol. The van der Waals surface area contributed by atoms with Crippen LogP contribution in [0, 0.1) is 11.3 Å². The Hall–Kier alpha value is -5.46. The molecule has 0 saturated carbocycles. The first-order chi connectivity index (χ1) is 19.3. The van der Waals surface area contributed by atoms with E-state index >= 15 is 0 Å². The van der Waals surface area contributed by atoms with E-state index in [0.29, 0.717) is 5.56 Å². The molecule has 0 aliphatic carbocycles. The number of hydrogen-bond acceptors (Lipinski definition) is 2. The quantitative estimate of drug-likeness (QED) is 0.243. The summed E-state index contributed by atoms with van der Waals surface area (Å²) >= 11 is 0. The number of nitriles is 1. The summed E-state index contributed by atoms with van der Waals surface area (Å²) in [5, 5.41) is 12.6. The third-order valence-electron chi connectivity index (χ3n) is 7.35. The SMILES string of the molecule is N#Cc1cc(-c2ccccc2)c(-n2c3ccccc3c3ccc(-c4ccccc4)cc32)cc1-c1ccncc1. The summed E-state index contributed by atoms with van der Waals surface area (Å²) in [7, 11) is 0. The van der Waals surface area contributed by atoms with Gasteiger partial charge in [0.1, 0.15) is 0 Å². The molecule has 0 atom stereocenters. The van der Waals surface area contributed by atoms with Crippen LogP contribution < -0.4 is 0 Å². The van der Waals surface area contributed by atoms with Gasteiger partial charge in [-0.15, -0.1) is 0 Å². The van der Waals surface area contributed by atoms with Crippen molar-refractivity contribution in [3.8, 4) is 45.1 Å². The highest BCUT2D eigenvalue weighted by Gasteiger charge is 2.19. The van der Waals surface area contributed by atoms with Crippen LogP contribution in [0.3, 0.4) is 0 Å². The summed E-state index contributed by atoms with van der Waals surface area (Å²) in [5.41, 5.74) is 10.2. The number of pyridine rings is 1. The molecule has 0 fully saturated rings. The van der Waals surface area contributed by atoms with E-state index in [2.05, 4.69) is 101 Å². The summed E-state index contributed by atoms with van der Waals surface area (Å²) in [6, 6.07) is 46.6. The Kier molecular flexibility index (Phi) is 5.50. The lowest BCUT2D eigenvalue weighted by Gasteiger charge is -2.18. The van der Waals surface area contributed by atoms with E-state index < -0.39 is 0 Å². The molecule has 0 amide bonds. The summed E-state index contributed by atoms with van der Waals surface area (Å²) in [6.45, 7) is 0. The lowest BCUT2D eigenvalue weighted by molar-refractivity contribution is 1.18. The zero-order valence-corrected chi connectivity index (χ0v) is 21.1. The van der Waals surface area contributed by atoms with Gasteiger partial charge in [-0.05, 0) is 58.7 Å². The molecular weight excluding hydrogens is 474 g/mol. The van der Waals surface area contributed by atoms with E-state index in [0.717, 1.165) is 44.5 Å². The predicted octanol–water partition coefficient (Wildman–Crippen LogP) is 9.05. The van der Waals surface area contributed by atoms with Crippen molar-refractivity contribution >= 4 is 21.8 Å². The van der Waals surface area contributed by atoms with Gasteiger partial charge in [0.15, 0.2) is 0 Å². The van der Waals surface area contributed by atoms with Crippen molar-refractivity contribution < 1.29 is 0 Å². The zero-order valence-electron chi connectivity index (χ0n) is 21.1. The fourth-order valence-electron chi connectivity index (χ4n) is 5.53. The molecule has 7 aromatic rings. The number of fused-ring (bicyclic) bond motifs is 3. The van der Waals surface area contributed by atoms with Crippen molar-refractivity contribution in [2.45, 2.75) is 0 Å². The molecule has 0 N–H and O–H groups in total. The minimum atomic E-state index is 0.634. The van der Waals surface area contributed by atoms with Crippen LogP contribution in [0.4, 0.5) is 0 Å². The molecule has 3 heteroatoms. The van der Waals surface area contributed by atoms with Gasteiger partial charge in [0.05, 0.1) is 28.4 Å². The lowest BCUT2D eigenvalue weighted by Crippen LogP contribution is -2.00. The van der Waals surface area contributed by atoms with Crippen molar-refractivity contribution in [1.29, 1.82) is 5.26 Å². The second kappa shape index (κ2) is 9.45. The van der Waals surface area contributed by atoms with Gasteiger partial charge in [0, 0.05) is 34.3 Å². The van der Waals surface area contributed by atoms with Crippen molar-refractivity contribution in [1.82, 2.24) is 9.55 Å². The molecule has 0 bridgehead atoms. The third kappa shape index (κ3) is 3.87. The third-order valence-corrected chi connectivity index (χ3v) is 7.35. The van der Waals surface area contributed by atoms with Crippen LogP contribution in [0.5, 0.6) is 0 Å². The minimum absolute atomic E-state index is 0.634. The minimum Gasteiger partial charge on any atom is -0.309 e. The van der Waals surface area contributed by atoms with E-state index in [1.807, 2.05) is 42.5 Å². The topological polar surface area (TPSA) is 41.6 Å². The fourth-order valence-corrected chi connectivity index (χ4v) is 5.53. The van der Waals surface area contributed by atoms with Crippen LogP contribution in [-0.4, -0.2) is 9.55 Å². The first-order valence-corrected chi connectivity index (χ1v) is 12.9. The normalized spacial score (nSPS) is 11.1. The number of aromatic nitrogens is 2. The zero-order chi connectivity index (χ0) is 26.2. The van der Waals surface area contributed by atoms with E-state index in [1.54, 1.807) is 12.4 Å². The van der Waals surface area contributed by atoms with Gasteiger partial charge in [-0.3, -0.25) is 4.98 Å². The highest BCUT2D eigenvalue weighted by Crippen LogP contribution is 2.40. The molecule has 5 aromatic carbocycles. The Morgan fingerprint density at radius 2 is 1.15 bits per heavy atom. The summed E-state index contributed by atoms with van der Waals surface area (Å²) < 4.78 is 2.35. The van der Waals surface area contributed by atoms with Crippen LogP contribution >= 0.6 is 0 Å². The Balaban J connectivity index is 1.61. The van der Waals surface area contributed by atoms with E-state index in [9.17, 15) is 5.26 Å². The maximum absolute atomic E-state index is 10.2. The van der Waals surface area contributed by atoms with Gasteiger partial charge < -0.3 is 4.57 Å². The van der Waals surface area contributed by atoms with E-state index in [4.69, 9.17) is 0 Å². The number of benzene rings is 5. The highest BCUT2D eigenvalue weighted by atomic mass is 15.0. The van der Waals surface area contributed by atoms with Gasteiger partial charge >= 0.3 is 0 Å². The van der Waals surface area contributed by atoms with Crippen molar-refractivity contribution in [3.63, 3.8) is 0 Å². The molecule has 3 nitrogen and oxygen atoms in total. The van der Waals surface area contributed by atoms with E-state index in [-0.39, 0.29) is 0 Å². The Morgan fingerprint density at radius 1 is 0.513 bits per heavy atom. The first-order valence-electron chi connectivity index (χ1n) is 12.9. The lowest BCUT2D eigenvalue weighted by atomic mass is 9.94. The Morgan fingerprint density at radius 3 is 1.90 bits per heavy atom. The molecule has 2 heterocycles. The number of nitrogens with zero attached hydrogens (tertiary/aromatic N) is 3. The average molecular weight is 498 g/mol. The maximum atomic E-state index is 10.2. The van der Waals surface area contributed by atoms with Crippen molar-refractivity contribution in [3.05, 3.63) is 145 Å². The van der Waals surface area contributed by atoms with Crippen LogP contribution in [-0.2, 0) is 0 Å². The second-order valence-electron chi connectivity index (χ2n) is 9.58. The number of para-hydroxylation sites is 1. The van der Waals surface area contributed by atoms with Gasteiger partial charge in [-0.2, -0.15) is 5.26 Å². The number of hydrogen-bond donors (Lipinski definition) is 0. The summed E-state index contributed by atoms with van der Waals surface area (Å²) in [4.78, 5) is 4.20. The van der Waals surface area contributed by atoms with Gasteiger partial charge in [0.2, 0.25) is 0 Å². The van der Waals surface area contributed by atoms with Gasteiger partial charge in [-0.1, -0.05) is 91.0 Å². The van der Waals surface area contributed by atoms with Crippen LogP contribution in [0.1, 0.15) is 5.56 Å². The molecule has 0 aliphatic heterocycles. The molecule has 0 radical (unpaired) electrons. The van der Waals surface area contributed by atoms with Crippen LogP contribution in [0.15, 0.2) is 140 Å². The van der Waals surface area contributed by atoms with Crippen molar-refractivity contribution in [2.24, 2.45) is 0 Å². The van der Waals surface area contributed by atoms with Crippen LogP contribution in [0.25, 0.3) is 60.9 Å². The number of rotatable bonds is 4. The highest BCUT2D eigenvalue weighted by molar-refractivity contribution is 6.11. The largest absolute Gasteiger partial charge is 0.309 e. The van der Waals surface area contributed by atoms with Gasteiger partial charge in [0.25, 0.3) is 0 Å². The Labute approximate surface area is 226 Å². The van der Waals surface area contributed by atoms with Crippen molar-refractivity contribution in [2.75, 3.05) is 0 Å². The molecule has 39 heavy (non-hydrogen) atoms. The summed E-state index contributed by atoms with van der Waals surface area (Å²) in [5.74, 6) is 0. The molecule has 7 rings (SSSR count).